The number of amides is 2. The number of esters is 1. The maximum Gasteiger partial charge on any atom is 0.326 e. The zero-order valence-electron chi connectivity index (χ0n) is 11.5. The van der Waals surface area contributed by atoms with E-state index in [4.69, 9.17) is 4.74 Å². The van der Waals surface area contributed by atoms with Crippen LogP contribution in [-0.2, 0) is 9.53 Å². The van der Waals surface area contributed by atoms with E-state index >= 15 is 0 Å². The molecular weight excluding hydrogens is 270 g/mol. The molecule has 5 heteroatoms. The maximum absolute atomic E-state index is 12.1. The minimum absolute atomic E-state index is 0.249. The summed E-state index contributed by atoms with van der Waals surface area (Å²) in [6.07, 6.45) is 6.33. The summed E-state index contributed by atoms with van der Waals surface area (Å²) in [6, 6.07) is 6.56. The molecule has 0 saturated carbocycles. The largest absolute Gasteiger partial charge is 0.457 e. The van der Waals surface area contributed by atoms with E-state index in [-0.39, 0.29) is 12.6 Å². The minimum atomic E-state index is -0.555. The van der Waals surface area contributed by atoms with E-state index < -0.39 is 17.8 Å². The van der Waals surface area contributed by atoms with Gasteiger partial charge >= 0.3 is 5.97 Å². The smallest absolute Gasteiger partial charge is 0.326 e. The average Bonchev–Trinajstić information content (AvgIpc) is 2.74. The fraction of sp³-hybridized carbons (Fsp3) is 0.312. The molecule has 2 aliphatic rings. The number of ether oxygens (including phenoxy) is 1. The first-order valence-electron chi connectivity index (χ1n) is 6.98. The van der Waals surface area contributed by atoms with Gasteiger partial charge in [-0.1, -0.05) is 18.2 Å². The molecule has 1 aromatic carbocycles. The summed E-state index contributed by atoms with van der Waals surface area (Å²) < 4.78 is 5.28. The van der Waals surface area contributed by atoms with Crippen molar-refractivity contribution in [2.24, 2.45) is 0 Å². The minimum Gasteiger partial charge on any atom is -0.457 e. The van der Waals surface area contributed by atoms with E-state index in [0.29, 0.717) is 11.1 Å². The molecule has 1 aliphatic heterocycles. The van der Waals surface area contributed by atoms with Crippen LogP contribution in [0, 0.1) is 0 Å². The Bertz CT molecular complexity index is 600. The Morgan fingerprint density at radius 1 is 1.19 bits per heavy atom. The van der Waals surface area contributed by atoms with Gasteiger partial charge in [-0.25, -0.2) is 0 Å². The van der Waals surface area contributed by atoms with E-state index in [1.54, 1.807) is 24.3 Å². The SMILES string of the molecule is O=C(CN1C(=O)c2ccccc2C1=O)OC1C=CCCC1. The van der Waals surface area contributed by atoms with Crippen molar-refractivity contribution in [3.05, 3.63) is 47.5 Å². The highest BCUT2D eigenvalue weighted by Crippen LogP contribution is 2.22. The Labute approximate surface area is 122 Å². The highest BCUT2D eigenvalue weighted by Gasteiger charge is 2.36. The molecule has 1 unspecified atom stereocenters. The first-order valence-corrected chi connectivity index (χ1v) is 6.98. The molecule has 0 saturated heterocycles. The van der Waals surface area contributed by atoms with E-state index in [9.17, 15) is 14.4 Å². The quantitative estimate of drug-likeness (QED) is 0.483. The Morgan fingerprint density at radius 3 is 2.43 bits per heavy atom. The van der Waals surface area contributed by atoms with Crippen LogP contribution < -0.4 is 0 Å². The van der Waals surface area contributed by atoms with Crippen LogP contribution in [0.3, 0.4) is 0 Å². The number of nitrogens with zero attached hydrogens (tertiary/aromatic N) is 1. The van der Waals surface area contributed by atoms with Gasteiger partial charge in [-0.05, 0) is 37.5 Å². The molecule has 0 aromatic heterocycles. The van der Waals surface area contributed by atoms with Crippen LogP contribution in [0.2, 0.25) is 0 Å². The third kappa shape index (κ3) is 2.59. The van der Waals surface area contributed by atoms with Gasteiger partial charge in [0.05, 0.1) is 11.1 Å². The van der Waals surface area contributed by atoms with Gasteiger partial charge in [-0.3, -0.25) is 19.3 Å². The second-order valence-corrected chi connectivity index (χ2v) is 5.13. The summed E-state index contributed by atoms with van der Waals surface area (Å²) in [6.45, 7) is -0.337. The molecule has 3 rings (SSSR count). The van der Waals surface area contributed by atoms with E-state index in [2.05, 4.69) is 0 Å². The molecule has 0 bridgehead atoms. The Morgan fingerprint density at radius 2 is 1.86 bits per heavy atom. The lowest BCUT2D eigenvalue weighted by Gasteiger charge is -2.19. The highest BCUT2D eigenvalue weighted by atomic mass is 16.5. The third-order valence-corrected chi connectivity index (χ3v) is 3.66. The van der Waals surface area contributed by atoms with Crippen molar-refractivity contribution in [2.75, 3.05) is 6.54 Å². The number of carbonyl (C=O) groups excluding carboxylic acids is 3. The summed E-state index contributed by atoms with van der Waals surface area (Å²) in [5.74, 6) is -1.43. The lowest BCUT2D eigenvalue weighted by molar-refractivity contribution is -0.147. The molecule has 1 aliphatic carbocycles. The van der Waals surface area contributed by atoms with Crippen molar-refractivity contribution >= 4 is 17.8 Å². The second-order valence-electron chi connectivity index (χ2n) is 5.13. The van der Waals surface area contributed by atoms with Gasteiger partial charge in [0.15, 0.2) is 0 Å². The molecule has 0 N–H and O–H groups in total. The van der Waals surface area contributed by atoms with Gasteiger partial charge in [-0.2, -0.15) is 0 Å². The lowest BCUT2D eigenvalue weighted by Crippen LogP contribution is -2.36. The number of carbonyl (C=O) groups is 3. The van der Waals surface area contributed by atoms with Crippen molar-refractivity contribution in [1.29, 1.82) is 0 Å². The van der Waals surface area contributed by atoms with Crippen LogP contribution in [0.5, 0.6) is 0 Å². The zero-order chi connectivity index (χ0) is 14.8. The monoisotopic (exact) mass is 285 g/mol. The summed E-state index contributed by atoms with van der Waals surface area (Å²) in [5.41, 5.74) is 0.681. The summed E-state index contributed by atoms with van der Waals surface area (Å²) in [4.78, 5) is 37.1. The topological polar surface area (TPSA) is 63.7 Å². The van der Waals surface area contributed by atoms with Crippen molar-refractivity contribution in [2.45, 2.75) is 25.4 Å². The van der Waals surface area contributed by atoms with Gasteiger partial charge < -0.3 is 4.74 Å². The van der Waals surface area contributed by atoms with Crippen LogP contribution in [0.4, 0.5) is 0 Å². The molecule has 2 amide bonds. The van der Waals surface area contributed by atoms with Crippen molar-refractivity contribution in [3.63, 3.8) is 0 Å². The third-order valence-electron chi connectivity index (χ3n) is 3.66. The number of hydrogen-bond acceptors (Lipinski definition) is 4. The summed E-state index contributed by atoms with van der Waals surface area (Å²) in [5, 5.41) is 0. The Hall–Kier alpha value is -2.43. The molecule has 1 heterocycles. The standard InChI is InChI=1S/C16H15NO4/c18-14(21-11-6-2-1-3-7-11)10-17-15(19)12-8-4-5-9-13(12)16(17)20/h2,4-6,8-9,11H,1,3,7,10H2. The summed E-state index contributed by atoms with van der Waals surface area (Å²) >= 11 is 0. The molecule has 0 spiro atoms. The van der Waals surface area contributed by atoms with Crippen molar-refractivity contribution in [1.82, 2.24) is 4.90 Å². The molecule has 21 heavy (non-hydrogen) atoms. The molecule has 108 valence electrons. The first-order chi connectivity index (χ1) is 10.2. The van der Waals surface area contributed by atoms with E-state index in [1.807, 2.05) is 12.2 Å². The Kier molecular flexibility index (Phi) is 3.56. The van der Waals surface area contributed by atoms with Crippen LogP contribution in [0.15, 0.2) is 36.4 Å². The first kappa shape index (κ1) is 13.5. The fourth-order valence-electron chi connectivity index (χ4n) is 2.60. The number of hydrogen-bond donors (Lipinski definition) is 0. The number of rotatable bonds is 3. The maximum atomic E-state index is 12.1. The van der Waals surface area contributed by atoms with Gasteiger partial charge in [0.2, 0.25) is 0 Å². The molecular formula is C16H15NO4. The molecule has 1 aromatic rings. The van der Waals surface area contributed by atoms with Crippen LogP contribution >= 0.6 is 0 Å². The van der Waals surface area contributed by atoms with Gasteiger partial charge in [0.1, 0.15) is 12.6 Å². The Balaban J connectivity index is 1.67. The molecule has 5 nitrogen and oxygen atoms in total. The number of benzene rings is 1. The van der Waals surface area contributed by atoms with Crippen LogP contribution in [0.1, 0.15) is 40.0 Å². The predicted molar refractivity (Wildman–Crippen MR) is 74.7 cm³/mol. The average molecular weight is 285 g/mol. The van der Waals surface area contributed by atoms with Gasteiger partial charge in [0.25, 0.3) is 11.8 Å². The van der Waals surface area contributed by atoms with Crippen LogP contribution in [0.25, 0.3) is 0 Å². The van der Waals surface area contributed by atoms with Gasteiger partial charge in [-0.15, -0.1) is 0 Å². The fourth-order valence-corrected chi connectivity index (χ4v) is 2.60. The zero-order valence-corrected chi connectivity index (χ0v) is 11.5. The second kappa shape index (κ2) is 5.52. The van der Waals surface area contributed by atoms with Crippen LogP contribution in [-0.4, -0.2) is 35.3 Å². The summed E-state index contributed by atoms with van der Waals surface area (Å²) in [7, 11) is 0. The molecule has 0 fully saturated rings. The van der Waals surface area contributed by atoms with Gasteiger partial charge in [0, 0.05) is 0 Å². The van der Waals surface area contributed by atoms with E-state index in [0.717, 1.165) is 24.2 Å². The van der Waals surface area contributed by atoms with E-state index in [1.165, 1.54) is 0 Å². The number of imide groups is 1. The predicted octanol–water partition coefficient (Wildman–Crippen LogP) is 1.93. The number of fused-ring (bicyclic) bond motifs is 1. The number of allylic oxidation sites excluding steroid dienone is 1. The normalized spacial score (nSPS) is 20.6. The van der Waals surface area contributed by atoms with Crippen molar-refractivity contribution in [3.8, 4) is 0 Å². The molecule has 0 radical (unpaired) electrons. The van der Waals surface area contributed by atoms with Crippen molar-refractivity contribution < 1.29 is 19.1 Å². The lowest BCUT2D eigenvalue weighted by atomic mass is 10.1. The highest BCUT2D eigenvalue weighted by molar-refractivity contribution is 6.22. The molecule has 1 atom stereocenters.